The van der Waals surface area contributed by atoms with Crippen LogP contribution in [0, 0.1) is 23.0 Å². The predicted molar refractivity (Wildman–Crippen MR) is 80.5 cm³/mol. The third kappa shape index (κ3) is 4.64. The van der Waals surface area contributed by atoms with E-state index in [0.717, 1.165) is 39.4 Å². The first kappa shape index (κ1) is 15.7. The van der Waals surface area contributed by atoms with Gasteiger partial charge in [-0.1, -0.05) is 6.92 Å². The van der Waals surface area contributed by atoms with E-state index in [1.54, 1.807) is 13.0 Å². The van der Waals surface area contributed by atoms with E-state index in [2.05, 4.69) is 22.1 Å². The van der Waals surface area contributed by atoms with Crippen molar-refractivity contribution in [2.45, 2.75) is 13.8 Å². The van der Waals surface area contributed by atoms with Crippen molar-refractivity contribution in [2.75, 3.05) is 44.7 Å². The number of nitrogens with one attached hydrogen (secondary N) is 1. The number of ether oxygens (including phenoxy) is 1. The van der Waals surface area contributed by atoms with Gasteiger partial charge in [-0.15, -0.1) is 0 Å². The third-order valence-corrected chi connectivity index (χ3v) is 3.59. The highest BCUT2D eigenvalue weighted by molar-refractivity contribution is 5.46. The number of pyridine rings is 1. The Kier molecular flexibility index (Phi) is 5.46. The molecule has 21 heavy (non-hydrogen) atoms. The van der Waals surface area contributed by atoms with E-state index in [-0.39, 0.29) is 5.69 Å². The van der Waals surface area contributed by atoms with Crippen molar-refractivity contribution in [1.82, 2.24) is 9.88 Å². The number of aryl methyl sites for hydroxylation is 1. The highest BCUT2D eigenvalue weighted by Crippen LogP contribution is 2.19. The lowest BCUT2D eigenvalue weighted by Crippen LogP contribution is -2.40. The maximum absolute atomic E-state index is 10.7. The first-order valence-corrected chi connectivity index (χ1v) is 7.21. The molecule has 1 fully saturated rings. The maximum Gasteiger partial charge on any atom is 0.290 e. The molecule has 0 saturated carbocycles. The number of nitrogens with zero attached hydrogens (tertiary/aromatic N) is 3. The monoisotopic (exact) mass is 294 g/mol. The molecule has 116 valence electrons. The van der Waals surface area contributed by atoms with Crippen LogP contribution in [0.2, 0.25) is 0 Å². The molecule has 1 unspecified atom stereocenters. The molecule has 1 aliphatic heterocycles. The van der Waals surface area contributed by atoms with E-state index in [9.17, 15) is 10.1 Å². The first-order valence-electron chi connectivity index (χ1n) is 7.21. The van der Waals surface area contributed by atoms with E-state index in [1.807, 2.05) is 0 Å². The first-order chi connectivity index (χ1) is 10.1. The van der Waals surface area contributed by atoms with Gasteiger partial charge >= 0.3 is 0 Å². The molecule has 2 heterocycles. The normalized spacial score (nSPS) is 17.4. The summed E-state index contributed by atoms with van der Waals surface area (Å²) in [5, 5.41) is 14.0. The van der Waals surface area contributed by atoms with Crippen LogP contribution in [-0.2, 0) is 4.74 Å². The van der Waals surface area contributed by atoms with Crippen molar-refractivity contribution >= 4 is 11.5 Å². The smallest absolute Gasteiger partial charge is 0.290 e. The van der Waals surface area contributed by atoms with Crippen LogP contribution in [0.25, 0.3) is 0 Å². The van der Waals surface area contributed by atoms with Gasteiger partial charge in [-0.2, -0.15) is 0 Å². The van der Waals surface area contributed by atoms with Gasteiger partial charge < -0.3 is 10.1 Å². The summed E-state index contributed by atoms with van der Waals surface area (Å²) in [7, 11) is 0. The average Bonchev–Trinajstić information content (AvgIpc) is 2.46. The Balaban J connectivity index is 1.81. The molecule has 1 aromatic heterocycles. The number of rotatable bonds is 6. The molecule has 0 aliphatic carbocycles. The lowest BCUT2D eigenvalue weighted by molar-refractivity contribution is -0.385. The Morgan fingerprint density at radius 2 is 2.24 bits per heavy atom. The number of aromatic nitrogens is 1. The van der Waals surface area contributed by atoms with Crippen LogP contribution >= 0.6 is 0 Å². The Morgan fingerprint density at radius 1 is 1.52 bits per heavy atom. The average molecular weight is 294 g/mol. The standard InChI is InChI=1S/C14H22N4O3/c1-11(10-17-3-5-21-6-4-17)8-15-14-7-12(2)13(9-16-14)18(19)20/h7,9,11H,3-6,8,10H2,1-2H3,(H,15,16). The van der Waals surface area contributed by atoms with E-state index in [1.165, 1.54) is 6.20 Å². The summed E-state index contributed by atoms with van der Waals surface area (Å²) in [6, 6.07) is 1.72. The summed E-state index contributed by atoms with van der Waals surface area (Å²) >= 11 is 0. The maximum atomic E-state index is 10.7. The quantitative estimate of drug-likeness (QED) is 0.635. The van der Waals surface area contributed by atoms with E-state index in [4.69, 9.17) is 4.74 Å². The number of hydrogen-bond donors (Lipinski definition) is 1. The van der Waals surface area contributed by atoms with E-state index in [0.29, 0.717) is 17.3 Å². The fourth-order valence-electron chi connectivity index (χ4n) is 2.40. The molecule has 2 rings (SSSR count). The van der Waals surface area contributed by atoms with Crippen molar-refractivity contribution in [3.63, 3.8) is 0 Å². The van der Waals surface area contributed by atoms with Crippen molar-refractivity contribution in [3.05, 3.63) is 27.9 Å². The Morgan fingerprint density at radius 3 is 2.86 bits per heavy atom. The second kappa shape index (κ2) is 7.33. The largest absolute Gasteiger partial charge is 0.379 e. The molecule has 1 aliphatic rings. The lowest BCUT2D eigenvalue weighted by atomic mass is 10.1. The topological polar surface area (TPSA) is 80.5 Å². The number of nitro groups is 1. The van der Waals surface area contributed by atoms with Crippen LogP contribution in [0.5, 0.6) is 0 Å². The Labute approximate surface area is 124 Å². The molecule has 7 nitrogen and oxygen atoms in total. The number of hydrogen-bond acceptors (Lipinski definition) is 6. The molecule has 0 aromatic carbocycles. The molecule has 0 bridgehead atoms. The molecule has 1 atom stereocenters. The van der Waals surface area contributed by atoms with Crippen LogP contribution in [0.15, 0.2) is 12.3 Å². The van der Waals surface area contributed by atoms with Gasteiger partial charge in [-0.3, -0.25) is 15.0 Å². The van der Waals surface area contributed by atoms with Crippen LogP contribution in [-0.4, -0.2) is 54.2 Å². The summed E-state index contributed by atoms with van der Waals surface area (Å²) < 4.78 is 5.33. The predicted octanol–water partition coefficient (Wildman–Crippen LogP) is 1.68. The second-order valence-corrected chi connectivity index (χ2v) is 5.51. The highest BCUT2D eigenvalue weighted by atomic mass is 16.6. The molecule has 1 N–H and O–H groups in total. The van der Waals surface area contributed by atoms with Gasteiger partial charge in [0, 0.05) is 31.7 Å². The van der Waals surface area contributed by atoms with Crippen molar-refractivity contribution in [2.24, 2.45) is 5.92 Å². The molecule has 0 radical (unpaired) electrons. The van der Waals surface area contributed by atoms with Crippen molar-refractivity contribution in [1.29, 1.82) is 0 Å². The highest BCUT2D eigenvalue weighted by Gasteiger charge is 2.15. The summed E-state index contributed by atoms with van der Waals surface area (Å²) in [4.78, 5) is 16.8. The van der Waals surface area contributed by atoms with Gasteiger partial charge in [0.2, 0.25) is 0 Å². The van der Waals surface area contributed by atoms with Gasteiger partial charge in [0.25, 0.3) is 5.69 Å². The van der Waals surface area contributed by atoms with Crippen LogP contribution in [0.1, 0.15) is 12.5 Å². The van der Waals surface area contributed by atoms with Crippen LogP contribution in [0.3, 0.4) is 0 Å². The fourth-order valence-corrected chi connectivity index (χ4v) is 2.40. The molecule has 1 saturated heterocycles. The fraction of sp³-hybridized carbons (Fsp3) is 0.643. The van der Waals surface area contributed by atoms with Gasteiger partial charge in [-0.05, 0) is 18.9 Å². The zero-order valence-corrected chi connectivity index (χ0v) is 12.5. The molecule has 0 spiro atoms. The second-order valence-electron chi connectivity index (χ2n) is 5.51. The van der Waals surface area contributed by atoms with Crippen molar-refractivity contribution in [3.8, 4) is 0 Å². The summed E-state index contributed by atoms with van der Waals surface area (Å²) in [5.74, 6) is 1.16. The zero-order chi connectivity index (χ0) is 15.2. The number of anilines is 1. The molecule has 0 amide bonds. The van der Waals surface area contributed by atoms with Gasteiger partial charge in [0.05, 0.1) is 18.1 Å². The SMILES string of the molecule is Cc1cc(NCC(C)CN2CCOCC2)ncc1[N+](=O)[O-]. The molecular formula is C14H22N4O3. The van der Waals surface area contributed by atoms with E-state index < -0.39 is 4.92 Å². The lowest BCUT2D eigenvalue weighted by Gasteiger charge is -2.29. The Bertz CT molecular complexity index is 489. The minimum absolute atomic E-state index is 0.0573. The van der Waals surface area contributed by atoms with Gasteiger partial charge in [0.15, 0.2) is 0 Å². The summed E-state index contributed by atoms with van der Waals surface area (Å²) in [6.07, 6.45) is 1.31. The minimum Gasteiger partial charge on any atom is -0.379 e. The minimum atomic E-state index is -0.410. The van der Waals surface area contributed by atoms with E-state index >= 15 is 0 Å². The molecular weight excluding hydrogens is 272 g/mol. The summed E-state index contributed by atoms with van der Waals surface area (Å²) in [5.41, 5.74) is 0.681. The molecule has 7 heteroatoms. The summed E-state index contributed by atoms with van der Waals surface area (Å²) in [6.45, 7) is 9.30. The Hall–Kier alpha value is -1.73. The number of morpholine rings is 1. The van der Waals surface area contributed by atoms with Crippen molar-refractivity contribution < 1.29 is 9.66 Å². The van der Waals surface area contributed by atoms with Gasteiger partial charge in [-0.25, -0.2) is 4.98 Å². The third-order valence-electron chi connectivity index (χ3n) is 3.59. The van der Waals surface area contributed by atoms with Crippen LogP contribution < -0.4 is 5.32 Å². The van der Waals surface area contributed by atoms with Crippen LogP contribution in [0.4, 0.5) is 11.5 Å². The molecule has 1 aromatic rings. The van der Waals surface area contributed by atoms with Gasteiger partial charge in [0.1, 0.15) is 12.0 Å². The zero-order valence-electron chi connectivity index (χ0n) is 12.5.